The van der Waals surface area contributed by atoms with E-state index in [1.165, 1.54) is 34.9 Å². The van der Waals surface area contributed by atoms with Crippen LogP contribution in [0.25, 0.3) is 10.8 Å². The number of rotatable bonds is 5. The lowest BCUT2D eigenvalue weighted by atomic mass is 9.96. The summed E-state index contributed by atoms with van der Waals surface area (Å²) in [6.07, 6.45) is 5.49. The molecule has 3 aromatic rings. The summed E-state index contributed by atoms with van der Waals surface area (Å²) in [4.78, 5) is 17.1. The number of pyridine rings is 1. The van der Waals surface area contributed by atoms with Gasteiger partial charge >= 0.3 is 6.03 Å². The first-order valence-electron chi connectivity index (χ1n) is 10.2. The van der Waals surface area contributed by atoms with Gasteiger partial charge in [0, 0.05) is 24.4 Å². The largest absolute Gasteiger partial charge is 0.338 e. The van der Waals surface area contributed by atoms with Crippen LogP contribution in [0.1, 0.15) is 48.3 Å². The zero-order valence-corrected chi connectivity index (χ0v) is 16.4. The number of carbonyl (C=O) groups excluding carboxylic acids is 1. The summed E-state index contributed by atoms with van der Waals surface area (Å²) < 4.78 is 0. The van der Waals surface area contributed by atoms with E-state index in [0.717, 1.165) is 30.5 Å². The van der Waals surface area contributed by atoms with Crippen LogP contribution in [0.4, 0.5) is 4.79 Å². The van der Waals surface area contributed by atoms with Crippen molar-refractivity contribution in [2.45, 2.75) is 45.1 Å². The number of aromatic nitrogens is 1. The first-order chi connectivity index (χ1) is 13.7. The fourth-order valence-corrected chi connectivity index (χ4v) is 4.02. The van der Waals surface area contributed by atoms with E-state index in [2.05, 4.69) is 47.0 Å². The minimum Gasteiger partial charge on any atom is -0.338 e. The van der Waals surface area contributed by atoms with Gasteiger partial charge in [-0.2, -0.15) is 0 Å². The minimum atomic E-state index is -0.140. The molecule has 2 aromatic carbocycles. The lowest BCUT2D eigenvalue weighted by Crippen LogP contribution is -2.38. The fourth-order valence-electron chi connectivity index (χ4n) is 4.02. The third-order valence-corrected chi connectivity index (χ3v) is 5.54. The highest BCUT2D eigenvalue weighted by Crippen LogP contribution is 2.24. The maximum atomic E-state index is 12.3. The van der Waals surface area contributed by atoms with Crippen LogP contribution < -0.4 is 10.6 Å². The predicted octanol–water partition coefficient (Wildman–Crippen LogP) is 4.72. The van der Waals surface area contributed by atoms with Crippen molar-refractivity contribution in [3.05, 3.63) is 77.1 Å². The number of hydrogen-bond donors (Lipinski definition) is 2. The zero-order chi connectivity index (χ0) is 19.3. The van der Waals surface area contributed by atoms with Crippen LogP contribution in [-0.2, 0) is 19.3 Å². The van der Waals surface area contributed by atoms with E-state index in [1.807, 2.05) is 25.1 Å². The van der Waals surface area contributed by atoms with Gasteiger partial charge in [-0.3, -0.25) is 4.98 Å². The molecule has 1 aliphatic carbocycles. The quantitative estimate of drug-likeness (QED) is 0.680. The topological polar surface area (TPSA) is 54.0 Å². The first-order valence-corrected chi connectivity index (χ1v) is 10.2. The van der Waals surface area contributed by atoms with Crippen molar-refractivity contribution in [1.82, 2.24) is 15.6 Å². The minimum absolute atomic E-state index is 0.0621. The summed E-state index contributed by atoms with van der Waals surface area (Å²) in [7, 11) is 0. The van der Waals surface area contributed by atoms with Gasteiger partial charge in [0.25, 0.3) is 0 Å². The molecule has 0 fully saturated rings. The molecule has 0 radical (unpaired) electrons. The summed E-state index contributed by atoms with van der Waals surface area (Å²) in [6, 6.07) is 18.6. The van der Waals surface area contributed by atoms with E-state index < -0.39 is 0 Å². The van der Waals surface area contributed by atoms with Crippen molar-refractivity contribution in [3.63, 3.8) is 0 Å². The Labute approximate surface area is 166 Å². The summed E-state index contributed by atoms with van der Waals surface area (Å²) in [5.41, 5.74) is 4.83. The average Bonchev–Trinajstić information content (AvgIpc) is 2.73. The van der Waals surface area contributed by atoms with E-state index in [1.54, 1.807) is 0 Å². The van der Waals surface area contributed by atoms with Gasteiger partial charge in [0.2, 0.25) is 0 Å². The Bertz CT molecular complexity index is 977. The second kappa shape index (κ2) is 8.42. The normalized spacial score (nSPS) is 14.3. The second-order valence-electron chi connectivity index (χ2n) is 7.56. The number of urea groups is 1. The number of benzene rings is 2. The van der Waals surface area contributed by atoms with Gasteiger partial charge in [0.1, 0.15) is 0 Å². The molecule has 0 aliphatic heterocycles. The van der Waals surface area contributed by atoms with Crippen LogP contribution >= 0.6 is 0 Å². The summed E-state index contributed by atoms with van der Waals surface area (Å²) >= 11 is 0. The number of fused-ring (bicyclic) bond motifs is 2. The first kappa shape index (κ1) is 18.5. The van der Waals surface area contributed by atoms with Crippen molar-refractivity contribution < 1.29 is 4.79 Å². The molecule has 0 spiro atoms. The highest BCUT2D eigenvalue weighted by atomic mass is 16.2. The van der Waals surface area contributed by atoms with Crippen LogP contribution in [0.3, 0.4) is 0 Å². The van der Waals surface area contributed by atoms with Gasteiger partial charge in [-0.1, -0.05) is 48.5 Å². The Hall–Kier alpha value is -2.88. The second-order valence-corrected chi connectivity index (χ2v) is 7.56. The third kappa shape index (κ3) is 4.16. The SMILES string of the molecule is CC(NC(=O)NCCc1ccc2c(n1)CCCC2)c1cccc2ccccc12. The molecular weight excluding hydrogens is 346 g/mol. The van der Waals surface area contributed by atoms with Crippen LogP contribution in [0.5, 0.6) is 0 Å². The number of carbonyl (C=O) groups is 1. The number of hydrogen-bond acceptors (Lipinski definition) is 2. The molecule has 28 heavy (non-hydrogen) atoms. The van der Waals surface area contributed by atoms with Gasteiger partial charge < -0.3 is 10.6 Å². The Morgan fingerprint density at radius 3 is 2.79 bits per heavy atom. The number of amides is 2. The third-order valence-electron chi connectivity index (χ3n) is 5.54. The Morgan fingerprint density at radius 2 is 1.86 bits per heavy atom. The monoisotopic (exact) mass is 373 g/mol. The molecule has 1 heterocycles. The number of nitrogens with zero attached hydrogens (tertiary/aromatic N) is 1. The average molecular weight is 374 g/mol. The summed E-state index contributed by atoms with van der Waals surface area (Å²) in [5.74, 6) is 0. The standard InChI is InChI=1S/C24H27N3O/c1-17(21-11-6-9-18-7-2-4-10-22(18)21)26-24(28)25-16-15-20-14-13-19-8-3-5-12-23(19)27-20/h2,4,6-7,9-11,13-14,17H,3,5,8,12,15-16H2,1H3,(H2,25,26,28). The van der Waals surface area contributed by atoms with Gasteiger partial charge in [-0.15, -0.1) is 0 Å². The highest BCUT2D eigenvalue weighted by Gasteiger charge is 2.13. The molecule has 4 rings (SSSR count). The maximum Gasteiger partial charge on any atom is 0.315 e. The van der Waals surface area contributed by atoms with Gasteiger partial charge in [-0.05, 0) is 60.6 Å². The molecule has 1 atom stereocenters. The van der Waals surface area contributed by atoms with Crippen molar-refractivity contribution in [3.8, 4) is 0 Å². The van der Waals surface area contributed by atoms with E-state index in [0.29, 0.717) is 6.54 Å². The molecule has 4 nitrogen and oxygen atoms in total. The molecule has 0 bridgehead atoms. The number of nitrogens with one attached hydrogen (secondary N) is 2. The summed E-state index contributed by atoms with van der Waals surface area (Å²) in [5, 5.41) is 8.39. The lowest BCUT2D eigenvalue weighted by molar-refractivity contribution is 0.238. The molecular formula is C24H27N3O. The zero-order valence-electron chi connectivity index (χ0n) is 16.4. The highest BCUT2D eigenvalue weighted by molar-refractivity contribution is 5.86. The van der Waals surface area contributed by atoms with Crippen LogP contribution in [-0.4, -0.2) is 17.6 Å². The van der Waals surface area contributed by atoms with Crippen molar-refractivity contribution in [2.75, 3.05) is 6.54 Å². The lowest BCUT2D eigenvalue weighted by Gasteiger charge is -2.17. The molecule has 0 saturated heterocycles. The molecule has 1 aromatic heterocycles. The van der Waals surface area contributed by atoms with Crippen LogP contribution in [0.2, 0.25) is 0 Å². The van der Waals surface area contributed by atoms with E-state index in [4.69, 9.17) is 4.98 Å². The van der Waals surface area contributed by atoms with Gasteiger partial charge in [-0.25, -0.2) is 4.79 Å². The predicted molar refractivity (Wildman–Crippen MR) is 113 cm³/mol. The van der Waals surface area contributed by atoms with E-state index in [9.17, 15) is 4.79 Å². The number of aryl methyl sites for hydroxylation is 2. The molecule has 4 heteroatoms. The fraction of sp³-hybridized carbons (Fsp3) is 0.333. The van der Waals surface area contributed by atoms with E-state index in [-0.39, 0.29) is 12.1 Å². The van der Waals surface area contributed by atoms with Gasteiger partial charge in [0.05, 0.1) is 6.04 Å². The maximum absolute atomic E-state index is 12.3. The molecule has 144 valence electrons. The van der Waals surface area contributed by atoms with Gasteiger partial charge in [0.15, 0.2) is 0 Å². The summed E-state index contributed by atoms with van der Waals surface area (Å²) in [6.45, 7) is 2.60. The molecule has 0 saturated carbocycles. The molecule has 2 amide bonds. The molecule has 1 unspecified atom stereocenters. The van der Waals surface area contributed by atoms with Crippen LogP contribution in [0.15, 0.2) is 54.6 Å². The molecule has 2 N–H and O–H groups in total. The Kier molecular flexibility index (Phi) is 5.56. The van der Waals surface area contributed by atoms with Crippen LogP contribution in [0, 0.1) is 0 Å². The van der Waals surface area contributed by atoms with E-state index >= 15 is 0 Å². The smallest absolute Gasteiger partial charge is 0.315 e. The Balaban J connectivity index is 1.32. The van der Waals surface area contributed by atoms with Crippen molar-refractivity contribution in [2.24, 2.45) is 0 Å². The molecule has 1 aliphatic rings. The van der Waals surface area contributed by atoms with Crippen molar-refractivity contribution in [1.29, 1.82) is 0 Å². The Morgan fingerprint density at radius 1 is 1.04 bits per heavy atom. The van der Waals surface area contributed by atoms with Crippen molar-refractivity contribution >= 4 is 16.8 Å².